The molecule has 4 nitrogen and oxygen atoms in total. The quantitative estimate of drug-likeness (QED) is 0.641. The van der Waals surface area contributed by atoms with Crippen LogP contribution in [0, 0.1) is 11.3 Å². The van der Waals surface area contributed by atoms with E-state index in [1.165, 1.54) is 0 Å². The van der Waals surface area contributed by atoms with Gasteiger partial charge in [0.1, 0.15) is 0 Å². The number of aliphatic carboxylic acids is 2. The minimum atomic E-state index is -1.62. The summed E-state index contributed by atoms with van der Waals surface area (Å²) in [5.41, 5.74) is -1.62. The van der Waals surface area contributed by atoms with Crippen molar-refractivity contribution in [3.8, 4) is 0 Å². The first-order valence-corrected chi connectivity index (χ1v) is 5.40. The predicted molar refractivity (Wildman–Crippen MR) is 56.7 cm³/mol. The number of rotatable bonds is 7. The maximum atomic E-state index is 11.1. The first kappa shape index (κ1) is 13.9. The zero-order chi connectivity index (χ0) is 12.1. The lowest BCUT2D eigenvalue weighted by molar-refractivity contribution is -0.169. The summed E-state index contributed by atoms with van der Waals surface area (Å²) in [7, 11) is 0. The molecule has 0 rings (SSSR count). The Kier molecular flexibility index (Phi) is 5.33. The fourth-order valence-electron chi connectivity index (χ4n) is 1.92. The molecule has 0 saturated heterocycles. The van der Waals surface area contributed by atoms with Gasteiger partial charge in [-0.1, -0.05) is 33.6 Å². The second-order valence-corrected chi connectivity index (χ2v) is 3.98. The van der Waals surface area contributed by atoms with Gasteiger partial charge in [0.2, 0.25) is 0 Å². The Hall–Kier alpha value is -1.06. The molecule has 88 valence electrons. The average molecular weight is 216 g/mol. The lowest BCUT2D eigenvalue weighted by Crippen LogP contribution is -2.44. The molecule has 0 spiro atoms. The first-order valence-electron chi connectivity index (χ1n) is 5.40. The molecule has 0 heterocycles. The molecule has 2 N–H and O–H groups in total. The zero-order valence-electron chi connectivity index (χ0n) is 9.62. The molecule has 15 heavy (non-hydrogen) atoms. The molecule has 0 aromatic heterocycles. The van der Waals surface area contributed by atoms with Crippen LogP contribution in [0.15, 0.2) is 0 Å². The highest BCUT2D eigenvalue weighted by Crippen LogP contribution is 2.35. The smallest absolute Gasteiger partial charge is 0.321 e. The van der Waals surface area contributed by atoms with Gasteiger partial charge in [0, 0.05) is 0 Å². The SMILES string of the molecule is CCCCC(C)C(CC)(C(=O)O)C(=O)O. The Morgan fingerprint density at radius 1 is 1.20 bits per heavy atom. The van der Waals surface area contributed by atoms with Crippen molar-refractivity contribution in [3.63, 3.8) is 0 Å². The lowest BCUT2D eigenvalue weighted by Gasteiger charge is -2.29. The molecule has 0 amide bonds. The summed E-state index contributed by atoms with van der Waals surface area (Å²) in [4.78, 5) is 22.2. The molecule has 1 atom stereocenters. The third kappa shape index (κ3) is 2.70. The minimum absolute atomic E-state index is 0.128. The summed E-state index contributed by atoms with van der Waals surface area (Å²) >= 11 is 0. The van der Waals surface area contributed by atoms with Gasteiger partial charge in [-0.05, 0) is 18.8 Å². The van der Waals surface area contributed by atoms with Crippen molar-refractivity contribution in [2.75, 3.05) is 0 Å². The van der Waals surface area contributed by atoms with Crippen LogP contribution >= 0.6 is 0 Å². The molecule has 0 bridgehead atoms. The second kappa shape index (κ2) is 5.73. The molecule has 0 radical (unpaired) electrons. The molecule has 0 aliphatic carbocycles. The molecule has 0 aromatic carbocycles. The van der Waals surface area contributed by atoms with Crippen molar-refractivity contribution in [1.29, 1.82) is 0 Å². The topological polar surface area (TPSA) is 74.6 Å². The van der Waals surface area contributed by atoms with Crippen LogP contribution in [0.2, 0.25) is 0 Å². The summed E-state index contributed by atoms with van der Waals surface area (Å²) in [6, 6.07) is 0. The van der Waals surface area contributed by atoms with Gasteiger partial charge in [-0.25, -0.2) is 0 Å². The summed E-state index contributed by atoms with van der Waals surface area (Å²) in [5.74, 6) is -2.78. The molecule has 4 heteroatoms. The van der Waals surface area contributed by atoms with Gasteiger partial charge in [0.05, 0.1) is 0 Å². The second-order valence-electron chi connectivity index (χ2n) is 3.98. The number of unbranched alkanes of at least 4 members (excludes halogenated alkanes) is 1. The average Bonchev–Trinajstić information content (AvgIpc) is 2.15. The maximum absolute atomic E-state index is 11.1. The van der Waals surface area contributed by atoms with E-state index in [-0.39, 0.29) is 12.3 Å². The fraction of sp³-hybridized carbons (Fsp3) is 0.818. The van der Waals surface area contributed by atoms with Crippen molar-refractivity contribution in [2.24, 2.45) is 11.3 Å². The molecule has 0 saturated carbocycles. The number of carboxylic acid groups (broad SMARTS) is 2. The standard InChI is InChI=1S/C11H20O4/c1-4-6-7-8(3)11(5-2,9(12)13)10(14)15/h8H,4-7H2,1-3H3,(H,12,13)(H,14,15). The third-order valence-electron chi connectivity index (χ3n) is 3.15. The molecular weight excluding hydrogens is 196 g/mol. The van der Waals surface area contributed by atoms with Gasteiger partial charge >= 0.3 is 11.9 Å². The first-order chi connectivity index (χ1) is 6.93. The summed E-state index contributed by atoms with van der Waals surface area (Å²) in [5, 5.41) is 18.2. The third-order valence-corrected chi connectivity index (χ3v) is 3.15. The number of carboxylic acids is 2. The van der Waals surface area contributed by atoms with Crippen LogP contribution in [0.1, 0.15) is 46.5 Å². The lowest BCUT2D eigenvalue weighted by atomic mass is 9.72. The van der Waals surface area contributed by atoms with Gasteiger partial charge in [0.15, 0.2) is 5.41 Å². The molecule has 0 fully saturated rings. The van der Waals surface area contributed by atoms with E-state index in [1.54, 1.807) is 13.8 Å². The molecule has 0 aromatic rings. The van der Waals surface area contributed by atoms with Crippen molar-refractivity contribution in [1.82, 2.24) is 0 Å². The molecule has 1 unspecified atom stereocenters. The Morgan fingerprint density at radius 3 is 1.93 bits per heavy atom. The van der Waals surface area contributed by atoms with Gasteiger partial charge in [-0.2, -0.15) is 0 Å². The summed E-state index contributed by atoms with van der Waals surface area (Å²) in [6.45, 7) is 5.33. The van der Waals surface area contributed by atoms with E-state index in [9.17, 15) is 9.59 Å². The van der Waals surface area contributed by atoms with E-state index >= 15 is 0 Å². The molecule has 0 aliphatic rings. The van der Waals surface area contributed by atoms with Crippen molar-refractivity contribution < 1.29 is 19.8 Å². The minimum Gasteiger partial charge on any atom is -0.480 e. The summed E-state index contributed by atoms with van der Waals surface area (Å²) in [6.07, 6.45) is 2.58. The van der Waals surface area contributed by atoms with Crippen LogP contribution in [0.25, 0.3) is 0 Å². The zero-order valence-corrected chi connectivity index (χ0v) is 9.62. The predicted octanol–water partition coefficient (Wildman–Crippen LogP) is 2.38. The van der Waals surface area contributed by atoms with Crippen molar-refractivity contribution in [2.45, 2.75) is 46.5 Å². The van der Waals surface area contributed by atoms with Gasteiger partial charge < -0.3 is 10.2 Å². The van der Waals surface area contributed by atoms with E-state index in [0.29, 0.717) is 6.42 Å². The van der Waals surface area contributed by atoms with Crippen LogP contribution in [0.4, 0.5) is 0 Å². The Morgan fingerprint density at radius 2 is 1.67 bits per heavy atom. The number of hydrogen-bond donors (Lipinski definition) is 2. The van der Waals surface area contributed by atoms with Gasteiger partial charge in [-0.15, -0.1) is 0 Å². The summed E-state index contributed by atoms with van der Waals surface area (Å²) < 4.78 is 0. The molecular formula is C11H20O4. The van der Waals surface area contributed by atoms with E-state index in [4.69, 9.17) is 10.2 Å². The Balaban J connectivity index is 4.90. The highest BCUT2D eigenvalue weighted by Gasteiger charge is 2.49. The van der Waals surface area contributed by atoms with Gasteiger partial charge in [-0.3, -0.25) is 9.59 Å². The highest BCUT2D eigenvalue weighted by atomic mass is 16.4. The maximum Gasteiger partial charge on any atom is 0.321 e. The normalized spacial score (nSPS) is 13.5. The monoisotopic (exact) mass is 216 g/mol. The van der Waals surface area contributed by atoms with Gasteiger partial charge in [0.25, 0.3) is 0 Å². The van der Waals surface area contributed by atoms with E-state index in [2.05, 4.69) is 0 Å². The number of carbonyl (C=O) groups is 2. The van der Waals surface area contributed by atoms with Crippen LogP contribution in [-0.4, -0.2) is 22.2 Å². The Labute approximate surface area is 90.3 Å². The molecule has 0 aliphatic heterocycles. The van der Waals surface area contributed by atoms with E-state index in [0.717, 1.165) is 12.8 Å². The largest absolute Gasteiger partial charge is 0.480 e. The number of hydrogen-bond acceptors (Lipinski definition) is 2. The highest BCUT2D eigenvalue weighted by molar-refractivity contribution is 5.98. The van der Waals surface area contributed by atoms with Crippen molar-refractivity contribution >= 4 is 11.9 Å². The van der Waals surface area contributed by atoms with E-state index in [1.807, 2.05) is 6.92 Å². The van der Waals surface area contributed by atoms with Crippen LogP contribution < -0.4 is 0 Å². The van der Waals surface area contributed by atoms with Crippen LogP contribution in [0.3, 0.4) is 0 Å². The van der Waals surface area contributed by atoms with E-state index < -0.39 is 17.4 Å². The van der Waals surface area contributed by atoms with Crippen LogP contribution in [0.5, 0.6) is 0 Å². The van der Waals surface area contributed by atoms with Crippen LogP contribution in [-0.2, 0) is 9.59 Å². The Bertz CT molecular complexity index is 221. The van der Waals surface area contributed by atoms with Crippen molar-refractivity contribution in [3.05, 3.63) is 0 Å². The fourth-order valence-corrected chi connectivity index (χ4v) is 1.92.